The number of esters is 1. The maximum atomic E-state index is 12.5. The molecule has 1 aromatic carbocycles. The normalized spacial score (nSPS) is 11.1. The number of H-pyrrole nitrogens is 1. The SMILES string of the molecule is CCOC(=O)c1sc2nc(C=Cc3cc(OC)cc(OC)c3)[nH]c(=O)c2c1C. The van der Waals surface area contributed by atoms with Crippen LogP contribution in [0.4, 0.5) is 0 Å². The number of rotatable bonds is 6. The lowest BCUT2D eigenvalue weighted by Gasteiger charge is -2.05. The predicted octanol–water partition coefficient (Wildman–Crippen LogP) is 3.66. The van der Waals surface area contributed by atoms with Crippen LogP contribution in [-0.2, 0) is 4.74 Å². The van der Waals surface area contributed by atoms with Crippen LogP contribution < -0.4 is 15.0 Å². The molecule has 0 bridgehead atoms. The Labute approximate surface area is 165 Å². The van der Waals surface area contributed by atoms with E-state index in [9.17, 15) is 9.59 Å². The van der Waals surface area contributed by atoms with E-state index in [4.69, 9.17) is 14.2 Å². The fourth-order valence-electron chi connectivity index (χ4n) is 2.73. The summed E-state index contributed by atoms with van der Waals surface area (Å²) < 4.78 is 15.6. The minimum Gasteiger partial charge on any atom is -0.497 e. The Balaban J connectivity index is 2.00. The summed E-state index contributed by atoms with van der Waals surface area (Å²) in [5, 5.41) is 0.410. The monoisotopic (exact) mass is 400 g/mol. The molecule has 3 rings (SSSR count). The van der Waals surface area contributed by atoms with Gasteiger partial charge < -0.3 is 19.2 Å². The lowest BCUT2D eigenvalue weighted by Crippen LogP contribution is -2.10. The Morgan fingerprint density at radius 2 is 1.86 bits per heavy atom. The number of nitrogens with one attached hydrogen (secondary N) is 1. The molecule has 0 saturated heterocycles. The minimum atomic E-state index is -0.442. The van der Waals surface area contributed by atoms with E-state index in [1.165, 1.54) is 0 Å². The van der Waals surface area contributed by atoms with Crippen molar-refractivity contribution in [1.82, 2.24) is 9.97 Å². The largest absolute Gasteiger partial charge is 0.497 e. The van der Waals surface area contributed by atoms with Crippen molar-refractivity contribution in [3.05, 3.63) is 50.4 Å². The summed E-state index contributed by atoms with van der Waals surface area (Å²) in [6.45, 7) is 3.73. The van der Waals surface area contributed by atoms with Crippen LogP contribution in [-0.4, -0.2) is 36.8 Å². The number of aryl methyl sites for hydroxylation is 1. The van der Waals surface area contributed by atoms with E-state index in [1.54, 1.807) is 46.3 Å². The van der Waals surface area contributed by atoms with Crippen LogP contribution in [0.2, 0.25) is 0 Å². The van der Waals surface area contributed by atoms with Crippen LogP contribution >= 0.6 is 11.3 Å². The molecule has 3 aromatic rings. The quantitative estimate of drug-likeness (QED) is 0.635. The molecule has 1 N–H and O–H groups in total. The maximum Gasteiger partial charge on any atom is 0.348 e. The van der Waals surface area contributed by atoms with Gasteiger partial charge in [-0.1, -0.05) is 6.08 Å². The first-order chi connectivity index (χ1) is 13.5. The van der Waals surface area contributed by atoms with Crippen LogP contribution in [0.25, 0.3) is 22.4 Å². The molecule has 28 heavy (non-hydrogen) atoms. The Kier molecular flexibility index (Phi) is 5.79. The highest BCUT2D eigenvalue weighted by Gasteiger charge is 2.19. The average Bonchev–Trinajstić information content (AvgIpc) is 3.03. The first-order valence-corrected chi connectivity index (χ1v) is 9.40. The zero-order valence-corrected chi connectivity index (χ0v) is 16.8. The number of nitrogens with zero attached hydrogens (tertiary/aromatic N) is 1. The topological polar surface area (TPSA) is 90.5 Å². The zero-order chi connectivity index (χ0) is 20.3. The van der Waals surface area contributed by atoms with E-state index in [1.807, 2.05) is 12.1 Å². The lowest BCUT2D eigenvalue weighted by molar-refractivity contribution is 0.0531. The third kappa shape index (κ3) is 3.91. The Morgan fingerprint density at radius 3 is 2.46 bits per heavy atom. The first kappa shape index (κ1) is 19.6. The van der Waals surface area contributed by atoms with Crippen LogP contribution in [0.3, 0.4) is 0 Å². The molecule has 0 aliphatic carbocycles. The number of fused-ring (bicyclic) bond motifs is 1. The van der Waals surface area contributed by atoms with E-state index in [0.29, 0.717) is 38.0 Å². The summed E-state index contributed by atoms with van der Waals surface area (Å²) in [5.41, 5.74) is 1.12. The van der Waals surface area contributed by atoms with Gasteiger partial charge in [-0.05, 0) is 43.2 Å². The smallest absolute Gasteiger partial charge is 0.348 e. The van der Waals surface area contributed by atoms with Gasteiger partial charge in [-0.15, -0.1) is 11.3 Å². The number of hydrogen-bond acceptors (Lipinski definition) is 7. The van der Waals surface area contributed by atoms with E-state index >= 15 is 0 Å². The Bertz CT molecular complexity index is 1090. The Morgan fingerprint density at radius 1 is 1.18 bits per heavy atom. The van der Waals surface area contributed by atoms with Crippen LogP contribution in [0, 0.1) is 6.92 Å². The molecular formula is C20H20N2O5S. The third-order valence-electron chi connectivity index (χ3n) is 4.09. The highest BCUT2D eigenvalue weighted by molar-refractivity contribution is 7.20. The van der Waals surface area contributed by atoms with E-state index in [-0.39, 0.29) is 12.2 Å². The van der Waals surface area contributed by atoms with Crippen molar-refractivity contribution in [3.63, 3.8) is 0 Å². The highest BCUT2D eigenvalue weighted by Crippen LogP contribution is 2.28. The molecule has 2 heterocycles. The summed E-state index contributed by atoms with van der Waals surface area (Å²) in [7, 11) is 3.16. The number of hydrogen-bond donors (Lipinski definition) is 1. The third-order valence-corrected chi connectivity index (χ3v) is 5.25. The van der Waals surface area contributed by atoms with Crippen molar-refractivity contribution in [2.75, 3.05) is 20.8 Å². The van der Waals surface area contributed by atoms with Gasteiger partial charge in [0, 0.05) is 6.07 Å². The van der Waals surface area contributed by atoms with Crippen molar-refractivity contribution in [1.29, 1.82) is 0 Å². The molecule has 0 amide bonds. The van der Waals surface area contributed by atoms with Gasteiger partial charge in [0.05, 0.1) is 26.2 Å². The molecule has 0 spiro atoms. The number of carbonyl (C=O) groups is 1. The molecule has 8 heteroatoms. The van der Waals surface area contributed by atoms with Crippen LogP contribution in [0.15, 0.2) is 23.0 Å². The number of benzene rings is 1. The number of ether oxygens (including phenoxy) is 3. The van der Waals surface area contributed by atoms with Crippen molar-refractivity contribution in [2.24, 2.45) is 0 Å². The van der Waals surface area contributed by atoms with E-state index in [0.717, 1.165) is 16.9 Å². The molecule has 146 valence electrons. The number of aromatic amines is 1. The molecular weight excluding hydrogens is 380 g/mol. The number of methoxy groups -OCH3 is 2. The summed E-state index contributed by atoms with van der Waals surface area (Å²) >= 11 is 1.15. The van der Waals surface area contributed by atoms with Crippen LogP contribution in [0.1, 0.15) is 33.5 Å². The van der Waals surface area contributed by atoms with Gasteiger partial charge in [-0.25, -0.2) is 9.78 Å². The van der Waals surface area contributed by atoms with Gasteiger partial charge in [0.1, 0.15) is 27.0 Å². The van der Waals surface area contributed by atoms with Gasteiger partial charge in [0.15, 0.2) is 0 Å². The van der Waals surface area contributed by atoms with Gasteiger partial charge in [0.2, 0.25) is 0 Å². The predicted molar refractivity (Wildman–Crippen MR) is 109 cm³/mol. The molecule has 0 fully saturated rings. The lowest BCUT2D eigenvalue weighted by atomic mass is 10.2. The second-order valence-corrected chi connectivity index (χ2v) is 6.89. The molecule has 0 aliphatic heterocycles. The van der Waals surface area contributed by atoms with Gasteiger partial charge in [-0.2, -0.15) is 0 Å². The molecule has 7 nitrogen and oxygen atoms in total. The average molecular weight is 400 g/mol. The second-order valence-electron chi connectivity index (χ2n) is 5.89. The number of aromatic nitrogens is 2. The number of carbonyl (C=O) groups excluding carboxylic acids is 1. The van der Waals surface area contributed by atoms with Crippen molar-refractivity contribution in [2.45, 2.75) is 13.8 Å². The fraction of sp³-hybridized carbons (Fsp3) is 0.250. The molecule has 0 radical (unpaired) electrons. The standard InChI is InChI=1S/C20H20N2O5S/c1-5-27-20(24)17-11(2)16-18(23)21-15(22-19(16)28-17)7-6-12-8-13(25-3)10-14(9-12)26-4/h6-10H,5H2,1-4H3,(H,21,22,23). The number of thiophene rings is 1. The van der Waals surface area contributed by atoms with Crippen LogP contribution in [0.5, 0.6) is 11.5 Å². The molecule has 2 aromatic heterocycles. The van der Waals surface area contributed by atoms with Crippen molar-refractivity contribution < 1.29 is 19.0 Å². The second kappa shape index (κ2) is 8.26. The Hall–Kier alpha value is -3.13. The fourth-order valence-corrected chi connectivity index (χ4v) is 3.81. The summed E-state index contributed by atoms with van der Waals surface area (Å²) in [4.78, 5) is 32.7. The first-order valence-electron chi connectivity index (χ1n) is 8.58. The van der Waals surface area contributed by atoms with E-state index < -0.39 is 5.97 Å². The molecule has 0 saturated carbocycles. The summed E-state index contributed by atoms with van der Waals surface area (Å²) in [5.74, 6) is 1.26. The minimum absolute atomic E-state index is 0.272. The van der Waals surface area contributed by atoms with Gasteiger partial charge in [-0.3, -0.25) is 4.79 Å². The summed E-state index contributed by atoms with van der Waals surface area (Å²) in [6.07, 6.45) is 3.48. The van der Waals surface area contributed by atoms with Gasteiger partial charge >= 0.3 is 5.97 Å². The summed E-state index contributed by atoms with van der Waals surface area (Å²) in [6, 6.07) is 5.45. The molecule has 0 unspecified atom stereocenters. The zero-order valence-electron chi connectivity index (χ0n) is 16.0. The van der Waals surface area contributed by atoms with Crippen molar-refractivity contribution >= 4 is 39.7 Å². The van der Waals surface area contributed by atoms with Crippen molar-refractivity contribution in [3.8, 4) is 11.5 Å². The molecule has 0 atom stereocenters. The molecule has 0 aliphatic rings. The van der Waals surface area contributed by atoms with Gasteiger partial charge in [0.25, 0.3) is 5.56 Å². The van der Waals surface area contributed by atoms with E-state index in [2.05, 4.69) is 9.97 Å². The maximum absolute atomic E-state index is 12.5. The highest BCUT2D eigenvalue weighted by atomic mass is 32.1.